The Balaban J connectivity index is 1.99. The maximum Gasteiger partial charge on any atom is 0.123 e. The summed E-state index contributed by atoms with van der Waals surface area (Å²) in [4.78, 5) is 0. The molecule has 0 bridgehead atoms. The molecule has 0 spiro atoms. The van der Waals surface area contributed by atoms with E-state index in [9.17, 15) is 4.39 Å². The van der Waals surface area contributed by atoms with Crippen LogP contribution in [-0.4, -0.2) is 0 Å². The molecule has 1 nitrogen and oxygen atoms in total. The van der Waals surface area contributed by atoms with Crippen molar-refractivity contribution in [3.05, 3.63) is 71.0 Å². The van der Waals surface area contributed by atoms with E-state index in [0.717, 1.165) is 17.7 Å². The van der Waals surface area contributed by atoms with Gasteiger partial charge < -0.3 is 5.32 Å². The Morgan fingerprint density at radius 2 is 1.83 bits per heavy atom. The molecule has 1 N–H and O–H groups in total. The molecule has 0 aromatic heterocycles. The first-order chi connectivity index (χ1) is 8.66. The van der Waals surface area contributed by atoms with E-state index in [1.54, 1.807) is 6.07 Å². The molecule has 0 amide bonds. The van der Waals surface area contributed by atoms with Gasteiger partial charge in [-0.3, -0.25) is 0 Å². The van der Waals surface area contributed by atoms with E-state index in [4.69, 9.17) is 0 Å². The van der Waals surface area contributed by atoms with E-state index in [-0.39, 0.29) is 11.9 Å². The Morgan fingerprint density at radius 3 is 2.50 bits per heavy atom. The first-order valence-electron chi connectivity index (χ1n) is 6.20. The number of halogens is 1. The van der Waals surface area contributed by atoms with E-state index >= 15 is 0 Å². The second-order valence-electron chi connectivity index (χ2n) is 4.58. The van der Waals surface area contributed by atoms with Gasteiger partial charge in [0.05, 0.1) is 0 Å². The standard InChI is InChI=1S/C16H18FN/c1-12-10-16(17)9-8-15(12)11-18-13(2)14-6-4-3-5-7-14/h3-10,13,18H,11H2,1-2H3/t13-/m1/s1. The fourth-order valence-corrected chi connectivity index (χ4v) is 1.98. The monoisotopic (exact) mass is 243 g/mol. The van der Waals surface area contributed by atoms with Crippen LogP contribution in [0.4, 0.5) is 4.39 Å². The van der Waals surface area contributed by atoms with E-state index in [1.807, 2.05) is 31.2 Å². The fourth-order valence-electron chi connectivity index (χ4n) is 1.98. The highest BCUT2D eigenvalue weighted by Crippen LogP contribution is 2.14. The van der Waals surface area contributed by atoms with Crippen molar-refractivity contribution in [2.75, 3.05) is 0 Å². The smallest absolute Gasteiger partial charge is 0.123 e. The molecule has 2 heteroatoms. The van der Waals surface area contributed by atoms with Crippen molar-refractivity contribution in [3.63, 3.8) is 0 Å². The van der Waals surface area contributed by atoms with Gasteiger partial charge in [0, 0.05) is 12.6 Å². The van der Waals surface area contributed by atoms with Crippen molar-refractivity contribution < 1.29 is 4.39 Å². The number of rotatable bonds is 4. The maximum atomic E-state index is 13.0. The lowest BCUT2D eigenvalue weighted by molar-refractivity contribution is 0.571. The van der Waals surface area contributed by atoms with Crippen molar-refractivity contribution >= 4 is 0 Å². The topological polar surface area (TPSA) is 12.0 Å². The van der Waals surface area contributed by atoms with E-state index in [1.165, 1.54) is 11.6 Å². The summed E-state index contributed by atoms with van der Waals surface area (Å²) in [6, 6.07) is 15.5. The van der Waals surface area contributed by atoms with Crippen LogP contribution in [0.25, 0.3) is 0 Å². The normalized spacial score (nSPS) is 12.4. The van der Waals surface area contributed by atoms with Gasteiger partial charge in [0.15, 0.2) is 0 Å². The third-order valence-corrected chi connectivity index (χ3v) is 3.20. The Morgan fingerprint density at radius 1 is 1.11 bits per heavy atom. The molecule has 0 fully saturated rings. The molecule has 2 aromatic carbocycles. The number of hydrogen-bond acceptors (Lipinski definition) is 1. The largest absolute Gasteiger partial charge is 0.306 e. The van der Waals surface area contributed by atoms with Crippen LogP contribution in [0, 0.1) is 12.7 Å². The molecule has 0 aliphatic carbocycles. The average molecular weight is 243 g/mol. The Kier molecular flexibility index (Phi) is 4.11. The summed E-state index contributed by atoms with van der Waals surface area (Å²) in [6.07, 6.45) is 0. The molecule has 2 aromatic rings. The summed E-state index contributed by atoms with van der Waals surface area (Å²) in [7, 11) is 0. The van der Waals surface area contributed by atoms with Gasteiger partial charge in [-0.05, 0) is 42.7 Å². The molecule has 0 heterocycles. The SMILES string of the molecule is Cc1cc(F)ccc1CN[C@H](C)c1ccccc1. The van der Waals surface area contributed by atoms with Gasteiger partial charge in [-0.15, -0.1) is 0 Å². The summed E-state index contributed by atoms with van der Waals surface area (Å²) in [5.41, 5.74) is 3.39. The van der Waals surface area contributed by atoms with Crippen molar-refractivity contribution in [2.45, 2.75) is 26.4 Å². The highest BCUT2D eigenvalue weighted by molar-refractivity contribution is 5.27. The Labute approximate surface area is 108 Å². The molecule has 0 aliphatic rings. The molecule has 94 valence electrons. The van der Waals surface area contributed by atoms with E-state index < -0.39 is 0 Å². The number of hydrogen-bond donors (Lipinski definition) is 1. The first kappa shape index (κ1) is 12.8. The summed E-state index contributed by atoms with van der Waals surface area (Å²) < 4.78 is 13.0. The zero-order chi connectivity index (χ0) is 13.0. The van der Waals surface area contributed by atoms with E-state index in [2.05, 4.69) is 24.4 Å². The predicted octanol–water partition coefficient (Wildman–Crippen LogP) is 3.98. The van der Waals surface area contributed by atoms with Gasteiger partial charge in [-0.25, -0.2) is 4.39 Å². The zero-order valence-electron chi connectivity index (χ0n) is 10.8. The molecule has 0 aliphatic heterocycles. The Bertz CT molecular complexity index is 508. The minimum Gasteiger partial charge on any atom is -0.306 e. The van der Waals surface area contributed by atoms with Crippen LogP contribution in [0.15, 0.2) is 48.5 Å². The average Bonchev–Trinajstić information content (AvgIpc) is 2.38. The maximum absolute atomic E-state index is 13.0. The van der Waals surface area contributed by atoms with Crippen LogP contribution in [0.3, 0.4) is 0 Å². The lowest BCUT2D eigenvalue weighted by atomic mass is 10.1. The molecule has 0 unspecified atom stereocenters. The van der Waals surface area contributed by atoms with Crippen molar-refractivity contribution in [3.8, 4) is 0 Å². The highest BCUT2D eigenvalue weighted by Gasteiger charge is 2.05. The van der Waals surface area contributed by atoms with Gasteiger partial charge in [0.2, 0.25) is 0 Å². The van der Waals surface area contributed by atoms with Gasteiger partial charge in [-0.1, -0.05) is 36.4 Å². The molecule has 2 rings (SSSR count). The quantitative estimate of drug-likeness (QED) is 0.856. The molecule has 0 radical (unpaired) electrons. The lowest BCUT2D eigenvalue weighted by Gasteiger charge is -2.15. The second kappa shape index (κ2) is 5.78. The minimum atomic E-state index is -0.174. The minimum absolute atomic E-state index is 0.174. The summed E-state index contributed by atoms with van der Waals surface area (Å²) in [5, 5.41) is 3.45. The van der Waals surface area contributed by atoms with Crippen LogP contribution >= 0.6 is 0 Å². The number of nitrogens with one attached hydrogen (secondary N) is 1. The summed E-state index contributed by atoms with van der Waals surface area (Å²) in [6.45, 7) is 4.82. The van der Waals surface area contributed by atoms with Gasteiger partial charge in [-0.2, -0.15) is 0 Å². The molecule has 1 atom stereocenters. The first-order valence-corrected chi connectivity index (χ1v) is 6.20. The number of benzene rings is 2. The zero-order valence-corrected chi connectivity index (χ0v) is 10.8. The highest BCUT2D eigenvalue weighted by atomic mass is 19.1. The summed E-state index contributed by atoms with van der Waals surface area (Å²) >= 11 is 0. The van der Waals surface area contributed by atoms with Gasteiger partial charge in [0.25, 0.3) is 0 Å². The fraction of sp³-hybridized carbons (Fsp3) is 0.250. The van der Waals surface area contributed by atoms with Crippen LogP contribution in [0.2, 0.25) is 0 Å². The molecule has 0 saturated heterocycles. The Hall–Kier alpha value is -1.67. The van der Waals surface area contributed by atoms with Crippen LogP contribution in [-0.2, 0) is 6.54 Å². The third-order valence-electron chi connectivity index (χ3n) is 3.20. The van der Waals surface area contributed by atoms with Crippen LogP contribution < -0.4 is 5.32 Å². The van der Waals surface area contributed by atoms with Crippen molar-refractivity contribution in [1.82, 2.24) is 5.32 Å². The van der Waals surface area contributed by atoms with Gasteiger partial charge in [0.1, 0.15) is 5.82 Å². The van der Waals surface area contributed by atoms with Crippen LogP contribution in [0.1, 0.15) is 29.7 Å². The van der Waals surface area contributed by atoms with E-state index in [0.29, 0.717) is 0 Å². The van der Waals surface area contributed by atoms with Gasteiger partial charge >= 0.3 is 0 Å². The molecule has 0 saturated carbocycles. The van der Waals surface area contributed by atoms with Crippen molar-refractivity contribution in [1.29, 1.82) is 0 Å². The van der Waals surface area contributed by atoms with Crippen molar-refractivity contribution in [2.24, 2.45) is 0 Å². The third kappa shape index (κ3) is 3.17. The molecule has 18 heavy (non-hydrogen) atoms. The predicted molar refractivity (Wildman–Crippen MR) is 72.8 cm³/mol. The van der Waals surface area contributed by atoms with Crippen LogP contribution in [0.5, 0.6) is 0 Å². The second-order valence-corrected chi connectivity index (χ2v) is 4.58. The number of aryl methyl sites for hydroxylation is 1. The lowest BCUT2D eigenvalue weighted by Crippen LogP contribution is -2.18. The molecular weight excluding hydrogens is 225 g/mol. The molecular formula is C16H18FN. The summed E-state index contributed by atoms with van der Waals surface area (Å²) in [5.74, 6) is -0.174.